The molecular formula is C13H17FN2O. The number of benzene rings is 1. The summed E-state index contributed by atoms with van der Waals surface area (Å²) in [5.74, 6) is -0.438. The zero-order valence-corrected chi connectivity index (χ0v) is 9.92. The highest BCUT2D eigenvalue weighted by Crippen LogP contribution is 2.21. The minimum atomic E-state index is -0.537. The highest BCUT2D eigenvalue weighted by molar-refractivity contribution is 5.97. The summed E-state index contributed by atoms with van der Waals surface area (Å²) in [4.78, 5) is 12.1. The molecule has 1 unspecified atom stereocenters. The topological polar surface area (TPSA) is 41.1 Å². The highest BCUT2D eigenvalue weighted by atomic mass is 19.1. The third kappa shape index (κ3) is 2.82. The summed E-state index contributed by atoms with van der Waals surface area (Å²) in [7, 11) is 0. The zero-order valence-electron chi connectivity index (χ0n) is 9.92. The van der Waals surface area contributed by atoms with Gasteiger partial charge in [0, 0.05) is 5.69 Å². The summed E-state index contributed by atoms with van der Waals surface area (Å²) in [6.45, 7) is 2.74. The van der Waals surface area contributed by atoms with E-state index in [1.807, 2.05) is 6.92 Å². The lowest BCUT2D eigenvalue weighted by molar-refractivity contribution is -0.122. The molecule has 0 spiro atoms. The average Bonchev–Trinajstić information content (AvgIpc) is 2.30. The standard InChI is InChI=1S/C13H17FN2O/c1-13(7-2-3-8-15-13)12(17)16-11-6-4-5-10(14)9-11/h4-6,9,15H,2-3,7-8H2,1H3,(H,16,17). The predicted octanol–water partition coefficient (Wildman–Crippen LogP) is 2.30. The fourth-order valence-corrected chi connectivity index (χ4v) is 2.09. The molecule has 92 valence electrons. The van der Waals surface area contributed by atoms with Gasteiger partial charge in [-0.15, -0.1) is 0 Å². The van der Waals surface area contributed by atoms with Gasteiger partial charge in [0.1, 0.15) is 5.82 Å². The molecule has 0 aromatic heterocycles. The van der Waals surface area contributed by atoms with Crippen LogP contribution in [0.1, 0.15) is 26.2 Å². The molecular weight excluding hydrogens is 219 g/mol. The van der Waals surface area contributed by atoms with Crippen LogP contribution in [0.5, 0.6) is 0 Å². The Bertz CT molecular complexity index is 414. The van der Waals surface area contributed by atoms with Crippen LogP contribution in [0.15, 0.2) is 24.3 Å². The molecule has 0 saturated carbocycles. The number of amides is 1. The molecule has 17 heavy (non-hydrogen) atoms. The van der Waals surface area contributed by atoms with E-state index < -0.39 is 5.54 Å². The van der Waals surface area contributed by atoms with Gasteiger partial charge in [-0.05, 0) is 50.9 Å². The third-order valence-electron chi connectivity index (χ3n) is 3.20. The maximum atomic E-state index is 13.0. The number of carbonyl (C=O) groups excluding carboxylic acids is 1. The smallest absolute Gasteiger partial charge is 0.244 e. The molecule has 1 aliphatic rings. The van der Waals surface area contributed by atoms with Crippen LogP contribution in [0.3, 0.4) is 0 Å². The second kappa shape index (κ2) is 4.84. The van der Waals surface area contributed by atoms with Crippen molar-refractivity contribution in [2.75, 3.05) is 11.9 Å². The number of anilines is 1. The first kappa shape index (κ1) is 12.0. The number of halogens is 1. The SMILES string of the molecule is CC1(C(=O)Nc2cccc(F)c2)CCCCN1. The summed E-state index contributed by atoms with van der Waals surface area (Å²) in [5, 5.41) is 5.98. The fourth-order valence-electron chi connectivity index (χ4n) is 2.09. The van der Waals surface area contributed by atoms with Gasteiger partial charge in [-0.1, -0.05) is 6.07 Å². The first-order chi connectivity index (χ1) is 8.10. The van der Waals surface area contributed by atoms with Gasteiger partial charge in [0.2, 0.25) is 5.91 Å². The molecule has 1 saturated heterocycles. The first-order valence-electron chi connectivity index (χ1n) is 5.92. The van der Waals surface area contributed by atoms with Crippen molar-refractivity contribution < 1.29 is 9.18 Å². The van der Waals surface area contributed by atoms with Crippen molar-refractivity contribution >= 4 is 11.6 Å². The Hall–Kier alpha value is -1.42. The minimum absolute atomic E-state index is 0.0946. The molecule has 2 rings (SSSR count). The van der Waals surface area contributed by atoms with Crippen molar-refractivity contribution in [3.8, 4) is 0 Å². The van der Waals surface area contributed by atoms with Crippen LogP contribution in [-0.4, -0.2) is 18.0 Å². The number of nitrogens with one attached hydrogen (secondary N) is 2. The Balaban J connectivity index is 2.05. The van der Waals surface area contributed by atoms with Gasteiger partial charge in [-0.25, -0.2) is 4.39 Å². The van der Waals surface area contributed by atoms with Crippen molar-refractivity contribution in [2.24, 2.45) is 0 Å². The second-order valence-corrected chi connectivity index (χ2v) is 4.68. The number of hydrogen-bond donors (Lipinski definition) is 2. The van der Waals surface area contributed by atoms with Gasteiger partial charge in [-0.2, -0.15) is 0 Å². The maximum Gasteiger partial charge on any atom is 0.244 e. The number of carbonyl (C=O) groups is 1. The van der Waals surface area contributed by atoms with Crippen molar-refractivity contribution in [3.05, 3.63) is 30.1 Å². The van der Waals surface area contributed by atoms with E-state index in [0.29, 0.717) is 5.69 Å². The summed E-state index contributed by atoms with van der Waals surface area (Å²) >= 11 is 0. The first-order valence-corrected chi connectivity index (χ1v) is 5.92. The molecule has 0 radical (unpaired) electrons. The van der Waals surface area contributed by atoms with Crippen LogP contribution in [0.4, 0.5) is 10.1 Å². The van der Waals surface area contributed by atoms with Crippen LogP contribution in [0, 0.1) is 5.82 Å². The normalized spacial score (nSPS) is 24.4. The Morgan fingerprint density at radius 2 is 2.29 bits per heavy atom. The summed E-state index contributed by atoms with van der Waals surface area (Å²) in [6, 6.07) is 5.95. The van der Waals surface area contributed by atoms with Gasteiger partial charge in [0.25, 0.3) is 0 Å². The summed E-state index contributed by atoms with van der Waals surface area (Å²) in [5.41, 5.74) is -0.0338. The van der Waals surface area contributed by atoms with E-state index >= 15 is 0 Å². The molecule has 1 aromatic rings. The molecule has 4 heteroatoms. The monoisotopic (exact) mass is 236 g/mol. The predicted molar refractivity (Wildman–Crippen MR) is 65.3 cm³/mol. The molecule has 0 bridgehead atoms. The lowest BCUT2D eigenvalue weighted by atomic mass is 9.90. The quantitative estimate of drug-likeness (QED) is 0.827. The van der Waals surface area contributed by atoms with Crippen LogP contribution >= 0.6 is 0 Å². The van der Waals surface area contributed by atoms with E-state index in [1.165, 1.54) is 12.1 Å². The van der Waals surface area contributed by atoms with Crippen molar-refractivity contribution in [1.29, 1.82) is 0 Å². The molecule has 1 atom stereocenters. The fraction of sp³-hybridized carbons (Fsp3) is 0.462. The Labute approximate surface area is 100 Å². The minimum Gasteiger partial charge on any atom is -0.324 e. The van der Waals surface area contributed by atoms with Crippen LogP contribution in [-0.2, 0) is 4.79 Å². The van der Waals surface area contributed by atoms with Crippen LogP contribution < -0.4 is 10.6 Å². The van der Waals surface area contributed by atoms with Gasteiger partial charge < -0.3 is 10.6 Å². The van der Waals surface area contributed by atoms with E-state index in [9.17, 15) is 9.18 Å². The Kier molecular flexibility index (Phi) is 3.43. The Morgan fingerprint density at radius 3 is 2.94 bits per heavy atom. The van der Waals surface area contributed by atoms with E-state index in [-0.39, 0.29) is 11.7 Å². The summed E-state index contributed by atoms with van der Waals surface area (Å²) in [6.07, 6.45) is 2.96. The molecule has 2 N–H and O–H groups in total. The van der Waals surface area contributed by atoms with E-state index in [0.717, 1.165) is 25.8 Å². The average molecular weight is 236 g/mol. The second-order valence-electron chi connectivity index (χ2n) is 4.68. The van der Waals surface area contributed by atoms with Gasteiger partial charge in [-0.3, -0.25) is 4.79 Å². The van der Waals surface area contributed by atoms with Crippen molar-refractivity contribution in [2.45, 2.75) is 31.7 Å². The zero-order chi connectivity index (χ0) is 12.3. The summed E-state index contributed by atoms with van der Waals surface area (Å²) < 4.78 is 13.0. The van der Waals surface area contributed by atoms with Gasteiger partial charge in [0.15, 0.2) is 0 Å². The van der Waals surface area contributed by atoms with Gasteiger partial charge >= 0.3 is 0 Å². The number of rotatable bonds is 2. The van der Waals surface area contributed by atoms with Gasteiger partial charge in [0.05, 0.1) is 5.54 Å². The lowest BCUT2D eigenvalue weighted by Gasteiger charge is -2.33. The van der Waals surface area contributed by atoms with E-state index in [4.69, 9.17) is 0 Å². The molecule has 3 nitrogen and oxygen atoms in total. The molecule has 1 heterocycles. The largest absolute Gasteiger partial charge is 0.324 e. The van der Waals surface area contributed by atoms with Crippen LogP contribution in [0.25, 0.3) is 0 Å². The van der Waals surface area contributed by atoms with E-state index in [2.05, 4.69) is 10.6 Å². The van der Waals surface area contributed by atoms with Crippen LogP contribution in [0.2, 0.25) is 0 Å². The number of hydrogen-bond acceptors (Lipinski definition) is 2. The highest BCUT2D eigenvalue weighted by Gasteiger charge is 2.34. The molecule has 1 aromatic carbocycles. The van der Waals surface area contributed by atoms with Crippen molar-refractivity contribution in [1.82, 2.24) is 5.32 Å². The van der Waals surface area contributed by atoms with E-state index in [1.54, 1.807) is 12.1 Å². The Morgan fingerprint density at radius 1 is 1.47 bits per heavy atom. The lowest BCUT2D eigenvalue weighted by Crippen LogP contribution is -2.54. The molecule has 1 fully saturated rings. The molecule has 0 aliphatic carbocycles. The third-order valence-corrected chi connectivity index (χ3v) is 3.20. The molecule has 1 amide bonds. The molecule has 1 aliphatic heterocycles. The number of piperidine rings is 1. The maximum absolute atomic E-state index is 13.0. The van der Waals surface area contributed by atoms with Crippen molar-refractivity contribution in [3.63, 3.8) is 0 Å².